The number of hydrogen-bond donors (Lipinski definition) is 4. The molecule has 9 nitrogen and oxygen atoms in total. The van der Waals surface area contributed by atoms with E-state index in [0.717, 1.165) is 36.0 Å². The van der Waals surface area contributed by atoms with Crippen molar-refractivity contribution in [1.82, 2.24) is 0 Å². The third-order valence-electron chi connectivity index (χ3n) is 10.7. The van der Waals surface area contributed by atoms with Crippen molar-refractivity contribution in [2.24, 2.45) is 5.41 Å². The van der Waals surface area contributed by atoms with E-state index in [-0.39, 0.29) is 44.5 Å². The number of nitrogens with one attached hydrogen (secondary N) is 3. The molecule has 0 aliphatic rings. The third-order valence-corrected chi connectivity index (χ3v) is 11.0. The topological polar surface area (TPSA) is 133 Å². The molecule has 0 heterocycles. The Bertz CT molecular complexity index is 2110. The van der Waals surface area contributed by atoms with E-state index in [1.165, 1.54) is 12.1 Å². The van der Waals surface area contributed by atoms with Crippen molar-refractivity contribution in [2.75, 3.05) is 16.0 Å². The Hall–Kier alpha value is -5.20. The van der Waals surface area contributed by atoms with Crippen molar-refractivity contribution in [3.05, 3.63) is 100 Å². The molecular formula is C47H59ClN4O5. The maximum Gasteiger partial charge on any atom is 0.323 e. The summed E-state index contributed by atoms with van der Waals surface area (Å²) in [5, 5.41) is 28.9. The van der Waals surface area contributed by atoms with Crippen molar-refractivity contribution in [3.8, 4) is 29.1 Å². The van der Waals surface area contributed by atoms with Gasteiger partial charge in [-0.15, -0.1) is 0 Å². The summed E-state index contributed by atoms with van der Waals surface area (Å²) in [5.74, 6) is 0.276. The van der Waals surface area contributed by atoms with Gasteiger partial charge in [0.1, 0.15) is 17.2 Å². The zero-order valence-corrected chi connectivity index (χ0v) is 36.3. The molecule has 10 heteroatoms. The molecule has 3 amide bonds. The Morgan fingerprint density at radius 3 is 1.95 bits per heavy atom. The van der Waals surface area contributed by atoms with E-state index in [0.29, 0.717) is 27.8 Å². The van der Waals surface area contributed by atoms with Gasteiger partial charge >= 0.3 is 6.03 Å². The molecule has 0 fully saturated rings. The molecule has 0 aliphatic heterocycles. The van der Waals surface area contributed by atoms with Gasteiger partial charge in [0, 0.05) is 23.4 Å². The first-order valence-corrected chi connectivity index (χ1v) is 19.9. The second-order valence-corrected chi connectivity index (χ2v) is 18.3. The Labute approximate surface area is 344 Å². The second kappa shape index (κ2) is 17.5. The lowest BCUT2D eigenvalue weighted by Gasteiger charge is -2.33. The van der Waals surface area contributed by atoms with Crippen LogP contribution >= 0.6 is 11.6 Å². The number of aromatic hydroxyl groups is 1. The summed E-state index contributed by atoms with van der Waals surface area (Å²) in [5.41, 5.74) is 3.87. The zero-order valence-electron chi connectivity index (χ0n) is 35.5. The number of nitriles is 1. The molecule has 4 aromatic carbocycles. The molecular weight excluding hydrogens is 736 g/mol. The molecule has 1 unspecified atom stereocenters. The number of benzene rings is 4. The number of urea groups is 1. The van der Waals surface area contributed by atoms with E-state index in [9.17, 15) is 14.7 Å². The molecule has 4 aromatic rings. The molecule has 0 saturated carbocycles. The van der Waals surface area contributed by atoms with Crippen LogP contribution in [-0.2, 0) is 21.0 Å². The van der Waals surface area contributed by atoms with Crippen LogP contribution in [0.15, 0.2) is 72.8 Å². The van der Waals surface area contributed by atoms with Gasteiger partial charge in [-0.05, 0) is 101 Å². The summed E-state index contributed by atoms with van der Waals surface area (Å²) in [4.78, 5) is 26.9. The molecule has 0 aliphatic carbocycles. The first kappa shape index (κ1) is 44.5. The number of phenols is 1. The van der Waals surface area contributed by atoms with Crippen molar-refractivity contribution in [3.63, 3.8) is 0 Å². The summed E-state index contributed by atoms with van der Waals surface area (Å²) < 4.78 is 12.7. The lowest BCUT2D eigenvalue weighted by atomic mass is 9.72. The maximum atomic E-state index is 13.9. The molecule has 0 spiro atoms. The highest BCUT2D eigenvalue weighted by molar-refractivity contribution is 6.32. The summed E-state index contributed by atoms with van der Waals surface area (Å²) in [7, 11) is 0. The fourth-order valence-corrected chi connectivity index (χ4v) is 7.02. The molecule has 4 rings (SSSR count). The standard InChI is InChI=1S/C47H59ClN4O5/c1-13-45(7,8)32-23-35(46(9,10)14-2)41(36(48)24-32)56-29(3)42(54)51-38-25-39(53)37(52-43(55)50-33-19-15-30(27-49)16-20-33)26-40(38)57-34-21-17-31(18-22-34)47(11,12)28-44(4,5)6/h15-26,29,53H,13-14,28H2,1-12H3,(H,51,54)(H2,50,52,55). The predicted octanol–water partition coefficient (Wildman–Crippen LogP) is 12.8. The smallest absolute Gasteiger partial charge is 0.323 e. The van der Waals surface area contributed by atoms with Crippen LogP contribution in [0.2, 0.25) is 5.02 Å². The zero-order chi connectivity index (χ0) is 42.5. The fourth-order valence-electron chi connectivity index (χ4n) is 6.76. The summed E-state index contributed by atoms with van der Waals surface area (Å²) in [6.45, 7) is 25.6. The molecule has 1 atom stereocenters. The second-order valence-electron chi connectivity index (χ2n) is 17.9. The van der Waals surface area contributed by atoms with Gasteiger partial charge in [0.05, 0.1) is 28.0 Å². The number of nitrogens with zero attached hydrogens (tertiary/aromatic N) is 1. The third kappa shape index (κ3) is 11.4. The number of carbonyl (C=O) groups is 2. The van der Waals surface area contributed by atoms with Gasteiger partial charge in [-0.1, -0.05) is 106 Å². The van der Waals surface area contributed by atoms with E-state index < -0.39 is 18.0 Å². The number of ether oxygens (including phenoxy) is 2. The fraction of sp³-hybridized carbons (Fsp3) is 0.426. The lowest BCUT2D eigenvalue weighted by Crippen LogP contribution is -2.32. The van der Waals surface area contributed by atoms with Gasteiger partial charge < -0.3 is 30.5 Å². The Morgan fingerprint density at radius 1 is 0.772 bits per heavy atom. The molecule has 0 radical (unpaired) electrons. The van der Waals surface area contributed by atoms with Gasteiger partial charge in [0.2, 0.25) is 0 Å². The van der Waals surface area contributed by atoms with Crippen LogP contribution in [0.3, 0.4) is 0 Å². The summed E-state index contributed by atoms with van der Waals surface area (Å²) >= 11 is 6.94. The minimum Gasteiger partial charge on any atom is -0.506 e. The Balaban J connectivity index is 1.67. The average Bonchev–Trinajstić information content (AvgIpc) is 3.13. The highest BCUT2D eigenvalue weighted by Gasteiger charge is 2.31. The molecule has 0 saturated heterocycles. The first-order chi connectivity index (χ1) is 26.5. The number of rotatable bonds is 14. The summed E-state index contributed by atoms with van der Waals surface area (Å²) in [6.07, 6.45) is 1.70. The van der Waals surface area contributed by atoms with Gasteiger partial charge in [0.15, 0.2) is 11.9 Å². The normalized spacial score (nSPS) is 12.6. The minimum atomic E-state index is -1.01. The van der Waals surface area contributed by atoms with Crippen LogP contribution in [0, 0.1) is 16.7 Å². The van der Waals surface area contributed by atoms with Crippen LogP contribution in [0.5, 0.6) is 23.0 Å². The van der Waals surface area contributed by atoms with E-state index in [4.69, 9.17) is 26.3 Å². The number of phenolic OH excluding ortho intramolecular Hbond substituents is 1. The average molecular weight is 795 g/mol. The van der Waals surface area contributed by atoms with Crippen LogP contribution in [0.25, 0.3) is 0 Å². The largest absolute Gasteiger partial charge is 0.506 e. The van der Waals surface area contributed by atoms with Crippen molar-refractivity contribution in [2.45, 2.75) is 125 Å². The first-order valence-electron chi connectivity index (χ1n) is 19.5. The van der Waals surface area contributed by atoms with Gasteiger partial charge in [-0.2, -0.15) is 5.26 Å². The molecule has 304 valence electrons. The van der Waals surface area contributed by atoms with Crippen LogP contribution in [0.1, 0.15) is 125 Å². The molecule has 4 N–H and O–H groups in total. The van der Waals surface area contributed by atoms with Gasteiger partial charge in [-0.25, -0.2) is 4.79 Å². The predicted molar refractivity (Wildman–Crippen MR) is 232 cm³/mol. The van der Waals surface area contributed by atoms with E-state index >= 15 is 0 Å². The Kier molecular flexibility index (Phi) is 13.7. The maximum absolute atomic E-state index is 13.9. The highest BCUT2D eigenvalue weighted by Crippen LogP contribution is 2.44. The van der Waals surface area contributed by atoms with Gasteiger partial charge in [-0.3, -0.25) is 4.79 Å². The SMILES string of the molecule is CCC(C)(C)c1cc(Cl)c(OC(C)C(=O)Nc2cc(O)c(NC(=O)Nc3ccc(C#N)cc3)cc2Oc2ccc(C(C)(C)CC(C)(C)C)cc2)c(C(C)(C)CC)c1. The van der Waals surface area contributed by atoms with E-state index in [2.05, 4.69) is 98.2 Å². The Morgan fingerprint density at radius 2 is 1.39 bits per heavy atom. The number of halogens is 1. The highest BCUT2D eigenvalue weighted by atomic mass is 35.5. The summed E-state index contributed by atoms with van der Waals surface area (Å²) in [6, 6.07) is 22.3. The number of amides is 3. The van der Waals surface area contributed by atoms with Crippen LogP contribution in [0.4, 0.5) is 21.9 Å². The van der Waals surface area contributed by atoms with Crippen molar-refractivity contribution < 1.29 is 24.2 Å². The van der Waals surface area contributed by atoms with Gasteiger partial charge in [0.25, 0.3) is 5.91 Å². The van der Waals surface area contributed by atoms with E-state index in [1.54, 1.807) is 31.2 Å². The van der Waals surface area contributed by atoms with E-state index in [1.807, 2.05) is 36.4 Å². The van der Waals surface area contributed by atoms with Crippen LogP contribution < -0.4 is 25.4 Å². The number of anilines is 3. The quantitative estimate of drug-likeness (QED) is 0.0940. The molecule has 0 bridgehead atoms. The molecule has 0 aromatic heterocycles. The number of hydrogen-bond acceptors (Lipinski definition) is 6. The number of carbonyl (C=O) groups excluding carboxylic acids is 2. The van der Waals surface area contributed by atoms with Crippen molar-refractivity contribution in [1.29, 1.82) is 5.26 Å². The van der Waals surface area contributed by atoms with Crippen molar-refractivity contribution >= 4 is 40.6 Å². The van der Waals surface area contributed by atoms with Crippen LogP contribution in [-0.4, -0.2) is 23.1 Å². The minimum absolute atomic E-state index is 0.0367. The monoisotopic (exact) mass is 794 g/mol. The lowest BCUT2D eigenvalue weighted by molar-refractivity contribution is -0.122. The molecule has 57 heavy (non-hydrogen) atoms.